The largest absolute Gasteiger partial charge is 0.497 e. The average Bonchev–Trinajstić information content (AvgIpc) is 2.96. The number of methoxy groups -OCH3 is 1. The Hall–Kier alpha value is -1.74. The molecule has 1 aliphatic carbocycles. The zero-order valence-electron chi connectivity index (χ0n) is 15.2. The van der Waals surface area contributed by atoms with Crippen LogP contribution in [0.5, 0.6) is 5.75 Å². The Balaban J connectivity index is 1.76. The Kier molecular flexibility index (Phi) is 3.92. The molecule has 0 saturated heterocycles. The Morgan fingerprint density at radius 1 is 1.12 bits per heavy atom. The summed E-state index contributed by atoms with van der Waals surface area (Å²) in [6.45, 7) is 8.10. The predicted octanol–water partition coefficient (Wildman–Crippen LogP) is 4.75. The molecule has 1 aliphatic heterocycles. The summed E-state index contributed by atoms with van der Waals surface area (Å²) in [6, 6.07) is 6.83. The molecule has 1 aromatic heterocycles. The zero-order chi connectivity index (χ0) is 16.8. The van der Waals surface area contributed by atoms with Crippen molar-refractivity contribution >= 4 is 10.9 Å². The van der Waals surface area contributed by atoms with Crippen LogP contribution in [-0.4, -0.2) is 18.6 Å². The van der Waals surface area contributed by atoms with Crippen LogP contribution >= 0.6 is 0 Å². The zero-order valence-corrected chi connectivity index (χ0v) is 15.2. The van der Waals surface area contributed by atoms with Gasteiger partial charge in [-0.1, -0.05) is 18.1 Å². The quantitative estimate of drug-likeness (QED) is 0.783. The number of rotatable bonds is 2. The number of fused-ring (bicyclic) bond motifs is 3. The van der Waals surface area contributed by atoms with E-state index >= 15 is 0 Å². The van der Waals surface area contributed by atoms with E-state index in [1.165, 1.54) is 35.0 Å². The second-order valence-electron chi connectivity index (χ2n) is 7.72. The predicted molar refractivity (Wildman–Crippen MR) is 99.6 cm³/mol. The van der Waals surface area contributed by atoms with Gasteiger partial charge in [0.15, 0.2) is 0 Å². The minimum absolute atomic E-state index is 0.435. The van der Waals surface area contributed by atoms with Gasteiger partial charge >= 0.3 is 0 Å². The van der Waals surface area contributed by atoms with Crippen LogP contribution in [0.3, 0.4) is 0 Å². The topological polar surface area (TPSA) is 37.0 Å². The molecule has 3 atom stereocenters. The number of nitrogens with one attached hydrogen (secondary N) is 2. The summed E-state index contributed by atoms with van der Waals surface area (Å²) in [6.07, 6.45) is 3.54. The molecule has 0 radical (unpaired) electrons. The normalized spacial score (nSPS) is 27.4. The van der Waals surface area contributed by atoms with Crippen LogP contribution in [0.15, 0.2) is 29.3 Å². The van der Waals surface area contributed by atoms with Gasteiger partial charge in [-0.15, -0.1) is 0 Å². The maximum atomic E-state index is 5.43. The summed E-state index contributed by atoms with van der Waals surface area (Å²) in [5, 5.41) is 5.15. The molecule has 24 heavy (non-hydrogen) atoms. The molecule has 1 aromatic carbocycles. The van der Waals surface area contributed by atoms with Gasteiger partial charge in [0.25, 0.3) is 0 Å². The van der Waals surface area contributed by atoms with Crippen LogP contribution in [0.4, 0.5) is 0 Å². The molecule has 0 unspecified atom stereocenters. The second kappa shape index (κ2) is 5.96. The van der Waals surface area contributed by atoms with Gasteiger partial charge in [0.2, 0.25) is 0 Å². The van der Waals surface area contributed by atoms with E-state index in [-0.39, 0.29) is 0 Å². The Morgan fingerprint density at radius 2 is 1.92 bits per heavy atom. The highest BCUT2D eigenvalue weighted by molar-refractivity contribution is 5.86. The molecule has 128 valence electrons. The molecule has 3 nitrogen and oxygen atoms in total. The van der Waals surface area contributed by atoms with Crippen molar-refractivity contribution in [2.75, 3.05) is 13.7 Å². The summed E-state index contributed by atoms with van der Waals surface area (Å²) < 4.78 is 5.43. The van der Waals surface area contributed by atoms with Gasteiger partial charge < -0.3 is 15.0 Å². The van der Waals surface area contributed by atoms with Crippen LogP contribution in [0.25, 0.3) is 10.9 Å². The third kappa shape index (κ3) is 2.46. The number of H-pyrrole nitrogens is 1. The highest BCUT2D eigenvalue weighted by Gasteiger charge is 2.35. The molecule has 0 amide bonds. The molecule has 3 heteroatoms. The molecule has 2 aromatic rings. The van der Waals surface area contributed by atoms with Gasteiger partial charge in [-0.2, -0.15) is 0 Å². The maximum absolute atomic E-state index is 5.43. The second-order valence-corrected chi connectivity index (χ2v) is 7.72. The van der Waals surface area contributed by atoms with Gasteiger partial charge in [-0.3, -0.25) is 0 Å². The third-order valence-corrected chi connectivity index (χ3v) is 6.25. The van der Waals surface area contributed by atoms with Gasteiger partial charge in [-0.05, 0) is 75.3 Å². The van der Waals surface area contributed by atoms with E-state index < -0.39 is 0 Å². The Bertz CT molecular complexity index is 802. The smallest absolute Gasteiger partial charge is 0.119 e. The lowest BCUT2D eigenvalue weighted by Gasteiger charge is -2.39. The Morgan fingerprint density at radius 3 is 2.71 bits per heavy atom. The standard InChI is InChI=1S/C21H28N2O/c1-12-9-14(3)17(10-13(12)2)20-21-16(7-8-22-20)18-11-15(24-4)5-6-19(18)23-21/h5-6,11,14,17,20,22-23H,7-10H2,1-4H3/t14-,17-,20-/m1/s1. The van der Waals surface area contributed by atoms with E-state index in [1.54, 1.807) is 18.3 Å². The molecular weight excluding hydrogens is 296 g/mol. The monoisotopic (exact) mass is 324 g/mol. The van der Waals surface area contributed by atoms with Gasteiger partial charge in [0.05, 0.1) is 13.2 Å². The van der Waals surface area contributed by atoms with E-state index in [1.807, 2.05) is 6.07 Å². The number of allylic oxidation sites excluding steroid dienone is 2. The number of hydrogen-bond acceptors (Lipinski definition) is 2. The lowest BCUT2D eigenvalue weighted by Crippen LogP contribution is -2.38. The summed E-state index contributed by atoms with van der Waals surface area (Å²) in [7, 11) is 1.74. The number of benzene rings is 1. The minimum Gasteiger partial charge on any atom is -0.497 e. The van der Waals surface area contributed by atoms with Crippen LogP contribution in [0.2, 0.25) is 0 Å². The lowest BCUT2D eigenvalue weighted by molar-refractivity contribution is 0.237. The van der Waals surface area contributed by atoms with E-state index in [9.17, 15) is 0 Å². The van der Waals surface area contributed by atoms with Crippen LogP contribution < -0.4 is 10.1 Å². The summed E-state index contributed by atoms with van der Waals surface area (Å²) in [5.41, 5.74) is 7.32. The average molecular weight is 324 g/mol. The molecule has 2 N–H and O–H groups in total. The fourth-order valence-electron chi connectivity index (χ4n) is 4.71. The Labute approximate surface area is 144 Å². The number of hydrogen-bond donors (Lipinski definition) is 2. The molecule has 0 spiro atoms. The highest BCUT2D eigenvalue weighted by atomic mass is 16.5. The highest BCUT2D eigenvalue weighted by Crippen LogP contribution is 2.44. The summed E-state index contributed by atoms with van der Waals surface area (Å²) in [4.78, 5) is 3.73. The first kappa shape index (κ1) is 15.8. The van der Waals surface area contributed by atoms with Crippen molar-refractivity contribution in [3.63, 3.8) is 0 Å². The molecule has 2 aliphatic rings. The lowest BCUT2D eigenvalue weighted by atomic mass is 9.72. The number of aromatic nitrogens is 1. The van der Waals surface area contributed by atoms with Crippen molar-refractivity contribution in [1.82, 2.24) is 10.3 Å². The van der Waals surface area contributed by atoms with Crippen LogP contribution in [-0.2, 0) is 6.42 Å². The summed E-state index contributed by atoms with van der Waals surface area (Å²) >= 11 is 0. The number of aromatic amines is 1. The molecular formula is C21H28N2O. The van der Waals surface area contributed by atoms with Gasteiger partial charge in [0.1, 0.15) is 5.75 Å². The van der Waals surface area contributed by atoms with Gasteiger partial charge in [0, 0.05) is 16.6 Å². The maximum Gasteiger partial charge on any atom is 0.119 e. The number of ether oxygens (including phenoxy) is 1. The molecule has 4 rings (SSSR count). The van der Waals surface area contributed by atoms with Crippen molar-refractivity contribution in [3.05, 3.63) is 40.6 Å². The van der Waals surface area contributed by atoms with E-state index in [0.717, 1.165) is 24.6 Å². The first-order valence-corrected chi connectivity index (χ1v) is 9.15. The van der Waals surface area contributed by atoms with E-state index in [2.05, 4.69) is 43.2 Å². The van der Waals surface area contributed by atoms with Crippen LogP contribution in [0, 0.1) is 11.8 Å². The first-order valence-electron chi connectivity index (χ1n) is 9.15. The molecule has 0 bridgehead atoms. The van der Waals surface area contributed by atoms with Crippen LogP contribution in [0.1, 0.15) is 50.9 Å². The van der Waals surface area contributed by atoms with Crippen molar-refractivity contribution < 1.29 is 4.74 Å². The minimum atomic E-state index is 0.435. The first-order chi connectivity index (χ1) is 11.6. The fourth-order valence-corrected chi connectivity index (χ4v) is 4.71. The van der Waals surface area contributed by atoms with E-state index in [4.69, 9.17) is 4.74 Å². The van der Waals surface area contributed by atoms with Crippen molar-refractivity contribution in [2.24, 2.45) is 11.8 Å². The van der Waals surface area contributed by atoms with Gasteiger partial charge in [-0.25, -0.2) is 0 Å². The van der Waals surface area contributed by atoms with Crippen molar-refractivity contribution in [2.45, 2.75) is 46.1 Å². The molecule has 0 fully saturated rings. The fraction of sp³-hybridized carbons (Fsp3) is 0.524. The van der Waals surface area contributed by atoms with Crippen molar-refractivity contribution in [1.29, 1.82) is 0 Å². The van der Waals surface area contributed by atoms with Crippen molar-refractivity contribution in [3.8, 4) is 5.75 Å². The molecule has 0 saturated carbocycles. The molecule has 2 heterocycles. The van der Waals surface area contributed by atoms with E-state index in [0.29, 0.717) is 12.0 Å². The SMILES string of the molecule is COc1ccc2[nH]c3c(c2c1)CCN[C@@H]3[C@@H]1CC(C)=C(C)C[C@H]1C. The third-order valence-electron chi connectivity index (χ3n) is 6.25. The summed E-state index contributed by atoms with van der Waals surface area (Å²) in [5.74, 6) is 2.33.